The maximum Gasteiger partial charge on any atom is 0.472 e. The zero-order chi connectivity index (χ0) is 51.7. The van der Waals surface area contributed by atoms with Crippen LogP contribution in [0, 0.1) is 0 Å². The summed E-state index contributed by atoms with van der Waals surface area (Å²) in [5, 5.41) is 0. The molecular weight excluding hydrogens is 902 g/mol. The predicted molar refractivity (Wildman–Crippen MR) is 291 cm³/mol. The van der Waals surface area contributed by atoms with E-state index in [0.717, 1.165) is 96.3 Å². The molecule has 0 aromatic heterocycles. The van der Waals surface area contributed by atoms with E-state index in [9.17, 15) is 23.8 Å². The van der Waals surface area contributed by atoms with Crippen LogP contribution in [-0.2, 0) is 42.2 Å². The van der Waals surface area contributed by atoms with Crippen LogP contribution in [0.15, 0.2) is 0 Å². The average Bonchev–Trinajstić information content (AvgIpc) is 3.31. The van der Waals surface area contributed by atoms with Crippen LogP contribution in [0.1, 0.15) is 297 Å². The molecule has 0 saturated heterocycles. The monoisotopic (exact) mass is 1020 g/mol. The summed E-state index contributed by atoms with van der Waals surface area (Å²) in [5.74, 6) is -0.840. The topological polar surface area (TPSA) is 135 Å². The van der Waals surface area contributed by atoms with E-state index >= 15 is 0 Å². The number of ether oxygens (including phenoxy) is 3. The Morgan fingerprint density at radius 2 is 0.700 bits per heavy atom. The van der Waals surface area contributed by atoms with Crippen LogP contribution in [0.4, 0.5) is 0 Å². The van der Waals surface area contributed by atoms with E-state index in [1.807, 2.05) is 21.1 Å². The maximum atomic E-state index is 12.9. The molecule has 0 rings (SSSR count). The molecule has 416 valence electrons. The highest BCUT2D eigenvalue weighted by Crippen LogP contribution is 2.43. The van der Waals surface area contributed by atoms with Crippen molar-refractivity contribution in [2.24, 2.45) is 0 Å². The lowest BCUT2D eigenvalue weighted by molar-refractivity contribution is -0.870. The molecular formula is C58H115NO10P+. The van der Waals surface area contributed by atoms with Crippen molar-refractivity contribution in [2.75, 3.05) is 47.5 Å². The second kappa shape index (κ2) is 49.7. The van der Waals surface area contributed by atoms with Gasteiger partial charge in [-0.15, -0.1) is 0 Å². The average molecular weight is 1020 g/mol. The van der Waals surface area contributed by atoms with Crippen LogP contribution in [0.5, 0.6) is 0 Å². The SMILES string of the molecule is CCCCCCCCCCCCCCCC(=O)OC[C@H](COP(=O)(O)OCC[N+](C)(C)C)OC(=O)CCCCCCCCCCC(CCCCCC)OC(=O)CCCCCCCCCCCCCCC. The van der Waals surface area contributed by atoms with Gasteiger partial charge in [-0.1, -0.05) is 233 Å². The van der Waals surface area contributed by atoms with E-state index in [1.165, 1.54) is 154 Å². The van der Waals surface area contributed by atoms with E-state index < -0.39 is 26.5 Å². The summed E-state index contributed by atoms with van der Waals surface area (Å²) in [7, 11) is 1.44. The van der Waals surface area contributed by atoms with Gasteiger partial charge in [0.2, 0.25) is 0 Å². The number of hydrogen-bond donors (Lipinski definition) is 1. The quantitative estimate of drug-likeness (QED) is 0.0206. The number of unbranched alkanes of at least 4 members (excludes halogenated alkanes) is 34. The van der Waals surface area contributed by atoms with Gasteiger partial charge < -0.3 is 23.6 Å². The number of nitrogens with zero attached hydrogens (tertiary/aromatic N) is 1. The van der Waals surface area contributed by atoms with E-state index in [-0.39, 0.29) is 44.1 Å². The summed E-state index contributed by atoms with van der Waals surface area (Å²) in [4.78, 5) is 48.5. The Kier molecular flexibility index (Phi) is 48.6. The second-order valence-corrected chi connectivity index (χ2v) is 23.2. The molecule has 2 unspecified atom stereocenters. The van der Waals surface area contributed by atoms with Crippen LogP contribution in [-0.4, -0.2) is 87.0 Å². The highest BCUT2D eigenvalue weighted by Gasteiger charge is 2.27. The third-order valence-corrected chi connectivity index (χ3v) is 14.5. The van der Waals surface area contributed by atoms with E-state index in [1.54, 1.807) is 0 Å². The van der Waals surface area contributed by atoms with Crippen molar-refractivity contribution in [3.8, 4) is 0 Å². The molecule has 0 heterocycles. The van der Waals surface area contributed by atoms with Crippen molar-refractivity contribution in [3.63, 3.8) is 0 Å². The van der Waals surface area contributed by atoms with Crippen molar-refractivity contribution >= 4 is 25.7 Å². The van der Waals surface area contributed by atoms with E-state index in [4.69, 9.17) is 23.3 Å². The van der Waals surface area contributed by atoms with E-state index in [2.05, 4.69) is 20.8 Å². The Balaban J connectivity index is 4.49. The molecule has 0 fully saturated rings. The van der Waals surface area contributed by atoms with Gasteiger partial charge >= 0.3 is 25.7 Å². The molecule has 70 heavy (non-hydrogen) atoms. The fourth-order valence-corrected chi connectivity index (χ4v) is 9.59. The standard InChI is InChI=1S/C58H114NO10P/c1-7-10-13-16-18-20-22-24-26-28-33-37-42-47-56(60)65-52-55(53-67-70(63,64)66-51-50-59(4,5)6)69-58(62)49-44-39-35-31-30-32-36-41-46-54(45-40-15-12-9-3)68-57(61)48-43-38-34-29-27-25-23-21-19-17-14-11-8-2/h54-55H,7-53H2,1-6H3/p+1/t54?,55-/m1/s1. The second-order valence-electron chi connectivity index (χ2n) is 21.7. The third kappa shape index (κ3) is 51.4. The molecule has 0 saturated carbocycles. The first-order chi connectivity index (χ1) is 33.8. The number of phosphoric acid groups is 1. The number of likely N-dealkylation sites (N-methyl/N-ethyl adjacent to an activating group) is 1. The normalized spacial score (nSPS) is 13.5. The lowest BCUT2D eigenvalue weighted by Gasteiger charge is -2.24. The molecule has 0 amide bonds. The summed E-state index contributed by atoms with van der Waals surface area (Å²) in [5.41, 5.74) is 0. The molecule has 0 radical (unpaired) electrons. The van der Waals surface area contributed by atoms with Gasteiger partial charge in [-0.25, -0.2) is 4.57 Å². The smallest absolute Gasteiger partial charge is 0.462 e. The van der Waals surface area contributed by atoms with E-state index in [0.29, 0.717) is 23.9 Å². The van der Waals surface area contributed by atoms with Crippen LogP contribution in [0.25, 0.3) is 0 Å². The van der Waals surface area contributed by atoms with Crippen LogP contribution in [0.2, 0.25) is 0 Å². The van der Waals surface area contributed by atoms with Gasteiger partial charge in [0.15, 0.2) is 6.10 Å². The van der Waals surface area contributed by atoms with Crippen LogP contribution in [0.3, 0.4) is 0 Å². The largest absolute Gasteiger partial charge is 0.472 e. The first-order valence-electron chi connectivity index (χ1n) is 29.8. The molecule has 0 aliphatic carbocycles. The minimum absolute atomic E-state index is 0.0118. The number of carbonyl (C=O) groups is 3. The minimum Gasteiger partial charge on any atom is -0.462 e. The van der Waals surface area contributed by atoms with Gasteiger partial charge in [-0.2, -0.15) is 0 Å². The molecule has 0 spiro atoms. The van der Waals surface area contributed by atoms with Crippen molar-refractivity contribution in [2.45, 2.75) is 309 Å². The molecule has 0 aromatic carbocycles. The van der Waals surface area contributed by atoms with Crippen molar-refractivity contribution in [1.29, 1.82) is 0 Å². The Labute approximate surface area is 432 Å². The Morgan fingerprint density at radius 3 is 1.06 bits per heavy atom. The number of quaternary nitrogens is 1. The van der Waals surface area contributed by atoms with Crippen molar-refractivity contribution in [1.82, 2.24) is 0 Å². The molecule has 0 aliphatic rings. The number of rotatable bonds is 55. The Hall–Kier alpha value is -1.52. The zero-order valence-electron chi connectivity index (χ0n) is 46.9. The van der Waals surface area contributed by atoms with Gasteiger partial charge in [0.05, 0.1) is 27.7 Å². The number of esters is 3. The Morgan fingerprint density at radius 1 is 0.400 bits per heavy atom. The van der Waals surface area contributed by atoms with Crippen molar-refractivity contribution < 1.29 is 51.6 Å². The summed E-state index contributed by atoms with van der Waals surface area (Å²) >= 11 is 0. The highest BCUT2D eigenvalue weighted by molar-refractivity contribution is 7.47. The predicted octanol–water partition coefficient (Wildman–Crippen LogP) is 17.0. The van der Waals surface area contributed by atoms with Crippen LogP contribution >= 0.6 is 7.82 Å². The molecule has 0 aliphatic heterocycles. The van der Waals surface area contributed by atoms with Crippen LogP contribution < -0.4 is 0 Å². The third-order valence-electron chi connectivity index (χ3n) is 13.5. The number of hydrogen-bond acceptors (Lipinski definition) is 9. The minimum atomic E-state index is -4.40. The number of carbonyl (C=O) groups excluding carboxylic acids is 3. The molecule has 12 heteroatoms. The van der Waals surface area contributed by atoms with Crippen molar-refractivity contribution in [3.05, 3.63) is 0 Å². The summed E-state index contributed by atoms with van der Waals surface area (Å²) in [6, 6.07) is 0. The van der Waals surface area contributed by atoms with Gasteiger partial charge in [0.25, 0.3) is 0 Å². The van der Waals surface area contributed by atoms with Gasteiger partial charge in [0.1, 0.15) is 25.9 Å². The Bertz CT molecular complexity index is 1230. The maximum absolute atomic E-state index is 12.9. The number of phosphoric ester groups is 1. The lowest BCUT2D eigenvalue weighted by Crippen LogP contribution is -2.37. The first-order valence-corrected chi connectivity index (χ1v) is 31.3. The summed E-state index contributed by atoms with van der Waals surface area (Å²) in [6.45, 7) is 6.60. The fraction of sp³-hybridized carbons (Fsp3) is 0.948. The molecule has 1 N–H and O–H groups in total. The zero-order valence-corrected chi connectivity index (χ0v) is 47.8. The molecule has 11 nitrogen and oxygen atoms in total. The van der Waals surface area contributed by atoms with Gasteiger partial charge in [-0.3, -0.25) is 23.4 Å². The first kappa shape index (κ1) is 68.5. The summed E-state index contributed by atoms with van der Waals surface area (Å²) in [6.07, 6.45) is 47.6. The molecule has 3 atom stereocenters. The van der Waals surface area contributed by atoms with Gasteiger partial charge in [0, 0.05) is 19.3 Å². The summed E-state index contributed by atoms with van der Waals surface area (Å²) < 4.78 is 40.6. The lowest BCUT2D eigenvalue weighted by atomic mass is 10.0. The molecule has 0 aromatic rings. The fourth-order valence-electron chi connectivity index (χ4n) is 8.85. The highest BCUT2D eigenvalue weighted by atomic mass is 31.2. The van der Waals surface area contributed by atoms with Gasteiger partial charge in [-0.05, 0) is 44.9 Å². The molecule has 0 bridgehead atoms.